The average molecular weight is 370 g/mol. The Morgan fingerprint density at radius 3 is 2.63 bits per heavy atom. The molecule has 0 spiro atoms. The van der Waals surface area contributed by atoms with Crippen LogP contribution in [0.5, 0.6) is 0 Å². The van der Waals surface area contributed by atoms with Gasteiger partial charge in [0, 0.05) is 37.3 Å². The highest BCUT2D eigenvalue weighted by Gasteiger charge is 2.28. The Bertz CT molecular complexity index is 779. The van der Waals surface area contributed by atoms with Gasteiger partial charge in [0.15, 0.2) is 0 Å². The number of hydrogen-bond acceptors (Lipinski definition) is 6. The van der Waals surface area contributed by atoms with Gasteiger partial charge in [-0.15, -0.1) is 10.2 Å². The zero-order valence-corrected chi connectivity index (χ0v) is 16.9. The zero-order valence-electron chi connectivity index (χ0n) is 16.9. The van der Waals surface area contributed by atoms with Crippen molar-refractivity contribution in [3.8, 4) is 0 Å². The Labute approximate surface area is 161 Å². The van der Waals surface area contributed by atoms with E-state index < -0.39 is 0 Å². The Morgan fingerprint density at radius 2 is 1.81 bits per heavy atom. The highest BCUT2D eigenvalue weighted by atomic mass is 15.3. The lowest BCUT2D eigenvalue weighted by atomic mass is 9.96. The van der Waals surface area contributed by atoms with Crippen molar-refractivity contribution in [2.75, 3.05) is 31.1 Å². The Morgan fingerprint density at radius 1 is 1.00 bits per heavy atom. The third-order valence-corrected chi connectivity index (χ3v) is 6.21. The Balaban J connectivity index is 1.49. The zero-order chi connectivity index (χ0) is 18.8. The smallest absolute Gasteiger partial charge is 0.146 e. The van der Waals surface area contributed by atoms with E-state index in [-0.39, 0.29) is 0 Å². The van der Waals surface area contributed by atoms with E-state index in [1.165, 1.54) is 37.9 Å². The summed E-state index contributed by atoms with van der Waals surface area (Å²) < 4.78 is 2.24. The highest BCUT2D eigenvalue weighted by Crippen LogP contribution is 2.30. The van der Waals surface area contributed by atoms with Gasteiger partial charge in [-0.05, 0) is 52.6 Å². The summed E-state index contributed by atoms with van der Waals surface area (Å²) in [5.74, 6) is 3.69. The maximum absolute atomic E-state index is 4.60. The van der Waals surface area contributed by atoms with Gasteiger partial charge in [-0.3, -0.25) is 4.90 Å². The second-order valence-electron chi connectivity index (χ2n) is 8.06. The van der Waals surface area contributed by atoms with Gasteiger partial charge in [0.1, 0.15) is 23.8 Å². The third-order valence-electron chi connectivity index (χ3n) is 6.21. The molecule has 146 valence electrons. The van der Waals surface area contributed by atoms with Gasteiger partial charge in [-0.25, -0.2) is 9.97 Å². The quantitative estimate of drug-likeness (QED) is 0.825. The SMILES string of the molecule is Cc1ncnc(N2CCC[C@@H](c3nnc(CN4CCCCC4)n3C)C2)c1C. The van der Waals surface area contributed by atoms with Crippen LogP contribution < -0.4 is 4.90 Å². The van der Waals surface area contributed by atoms with Crippen LogP contribution in [0.1, 0.15) is 60.9 Å². The fourth-order valence-corrected chi connectivity index (χ4v) is 4.41. The second kappa shape index (κ2) is 7.92. The molecule has 0 unspecified atom stereocenters. The predicted octanol–water partition coefficient (Wildman–Crippen LogP) is 2.59. The molecule has 27 heavy (non-hydrogen) atoms. The van der Waals surface area contributed by atoms with E-state index in [2.05, 4.69) is 55.4 Å². The van der Waals surface area contributed by atoms with Crippen LogP contribution in [0.2, 0.25) is 0 Å². The van der Waals surface area contributed by atoms with Crippen LogP contribution in [0.4, 0.5) is 5.82 Å². The molecular weight excluding hydrogens is 338 g/mol. The normalized spacial score (nSPS) is 21.6. The first-order chi connectivity index (χ1) is 13.1. The summed E-state index contributed by atoms with van der Waals surface area (Å²) in [6.45, 7) is 9.46. The molecule has 2 aromatic heterocycles. The maximum atomic E-state index is 4.60. The van der Waals surface area contributed by atoms with Crippen molar-refractivity contribution >= 4 is 5.82 Å². The first-order valence-electron chi connectivity index (χ1n) is 10.3. The molecule has 0 saturated carbocycles. The molecule has 2 saturated heterocycles. The summed E-state index contributed by atoms with van der Waals surface area (Å²) in [4.78, 5) is 13.8. The molecule has 4 rings (SSSR count). The Kier molecular flexibility index (Phi) is 5.38. The number of piperidine rings is 2. The van der Waals surface area contributed by atoms with Crippen LogP contribution in [-0.4, -0.2) is 55.8 Å². The molecule has 2 fully saturated rings. The monoisotopic (exact) mass is 369 g/mol. The van der Waals surface area contributed by atoms with E-state index in [9.17, 15) is 0 Å². The molecule has 2 aliphatic heterocycles. The van der Waals surface area contributed by atoms with E-state index in [0.29, 0.717) is 5.92 Å². The number of aromatic nitrogens is 5. The minimum atomic E-state index is 0.404. The van der Waals surface area contributed by atoms with Crippen LogP contribution in [0.3, 0.4) is 0 Å². The number of hydrogen-bond donors (Lipinski definition) is 0. The van der Waals surface area contributed by atoms with Crippen LogP contribution in [0, 0.1) is 13.8 Å². The fraction of sp³-hybridized carbons (Fsp3) is 0.700. The van der Waals surface area contributed by atoms with Gasteiger partial charge in [0.2, 0.25) is 0 Å². The van der Waals surface area contributed by atoms with Gasteiger partial charge in [-0.1, -0.05) is 6.42 Å². The van der Waals surface area contributed by atoms with Gasteiger partial charge < -0.3 is 9.47 Å². The lowest BCUT2D eigenvalue weighted by Crippen LogP contribution is -2.36. The number of aryl methyl sites for hydroxylation is 1. The number of anilines is 1. The molecule has 7 heteroatoms. The second-order valence-corrected chi connectivity index (χ2v) is 8.06. The molecule has 2 aliphatic rings. The van der Waals surface area contributed by atoms with Crippen LogP contribution in [-0.2, 0) is 13.6 Å². The van der Waals surface area contributed by atoms with E-state index >= 15 is 0 Å². The summed E-state index contributed by atoms with van der Waals surface area (Å²) in [6.07, 6.45) is 7.97. The van der Waals surface area contributed by atoms with Crippen LogP contribution >= 0.6 is 0 Å². The van der Waals surface area contributed by atoms with Crippen molar-refractivity contribution in [2.45, 2.75) is 58.4 Å². The van der Waals surface area contributed by atoms with Gasteiger partial charge >= 0.3 is 0 Å². The van der Waals surface area contributed by atoms with Crippen molar-refractivity contribution in [3.05, 3.63) is 29.2 Å². The molecule has 0 radical (unpaired) electrons. The summed E-state index contributed by atoms with van der Waals surface area (Å²) in [5.41, 5.74) is 2.24. The minimum absolute atomic E-state index is 0.404. The number of rotatable bonds is 4. The van der Waals surface area contributed by atoms with Crippen molar-refractivity contribution < 1.29 is 0 Å². The molecule has 0 amide bonds. The summed E-state index contributed by atoms with van der Waals surface area (Å²) in [7, 11) is 2.13. The van der Waals surface area contributed by atoms with E-state index in [4.69, 9.17) is 0 Å². The first-order valence-corrected chi connectivity index (χ1v) is 10.3. The van der Waals surface area contributed by atoms with Crippen molar-refractivity contribution in [1.29, 1.82) is 0 Å². The van der Waals surface area contributed by atoms with Crippen molar-refractivity contribution in [3.63, 3.8) is 0 Å². The molecule has 0 N–H and O–H groups in total. The Hall–Kier alpha value is -2.02. The van der Waals surface area contributed by atoms with Crippen LogP contribution in [0.25, 0.3) is 0 Å². The maximum Gasteiger partial charge on any atom is 0.146 e. The lowest BCUT2D eigenvalue weighted by molar-refractivity contribution is 0.213. The molecule has 1 atom stereocenters. The van der Waals surface area contributed by atoms with E-state index in [1.54, 1.807) is 6.33 Å². The number of likely N-dealkylation sites (tertiary alicyclic amines) is 1. The molecule has 0 aromatic carbocycles. The molecule has 7 nitrogen and oxygen atoms in total. The molecule has 0 aliphatic carbocycles. The van der Waals surface area contributed by atoms with Crippen molar-refractivity contribution in [1.82, 2.24) is 29.6 Å². The molecule has 4 heterocycles. The summed E-state index contributed by atoms with van der Waals surface area (Å²) >= 11 is 0. The molecule has 0 bridgehead atoms. The lowest BCUT2D eigenvalue weighted by Gasteiger charge is -2.34. The summed E-state index contributed by atoms with van der Waals surface area (Å²) in [6, 6.07) is 0. The molecule has 2 aromatic rings. The standard InChI is InChI=1S/C20H31N7/c1-15-16(2)21-14-22-19(15)27-11-7-8-17(12-27)20-24-23-18(25(20)3)13-26-9-5-4-6-10-26/h14,17H,4-13H2,1-3H3/t17-/m1/s1. The predicted molar refractivity (Wildman–Crippen MR) is 106 cm³/mol. The third kappa shape index (κ3) is 3.83. The van der Waals surface area contributed by atoms with Crippen molar-refractivity contribution in [2.24, 2.45) is 7.05 Å². The minimum Gasteiger partial charge on any atom is -0.356 e. The number of nitrogens with zero attached hydrogens (tertiary/aromatic N) is 7. The van der Waals surface area contributed by atoms with Gasteiger partial charge in [-0.2, -0.15) is 0 Å². The highest BCUT2D eigenvalue weighted by molar-refractivity contribution is 5.48. The average Bonchev–Trinajstić information content (AvgIpc) is 3.05. The topological polar surface area (TPSA) is 63.0 Å². The van der Waals surface area contributed by atoms with E-state index in [1.807, 2.05) is 0 Å². The largest absolute Gasteiger partial charge is 0.356 e. The van der Waals surface area contributed by atoms with Crippen LogP contribution in [0.15, 0.2) is 6.33 Å². The van der Waals surface area contributed by atoms with E-state index in [0.717, 1.165) is 55.6 Å². The van der Waals surface area contributed by atoms with Gasteiger partial charge in [0.25, 0.3) is 0 Å². The summed E-state index contributed by atoms with van der Waals surface area (Å²) in [5, 5.41) is 9.14. The first kappa shape index (κ1) is 18.3. The van der Waals surface area contributed by atoms with Gasteiger partial charge in [0.05, 0.1) is 6.54 Å². The fourth-order valence-electron chi connectivity index (χ4n) is 4.41. The molecular formula is C20H31N7.